The minimum Gasteiger partial charge on any atom is -0.369 e. The van der Waals surface area contributed by atoms with Crippen LogP contribution in [0.15, 0.2) is 53.8 Å². The van der Waals surface area contributed by atoms with Gasteiger partial charge in [0.2, 0.25) is 0 Å². The minimum atomic E-state index is 0.800. The van der Waals surface area contributed by atoms with Crippen molar-refractivity contribution >= 4 is 28.5 Å². The maximum atomic E-state index is 4.64. The van der Waals surface area contributed by atoms with Crippen LogP contribution in [0.2, 0.25) is 0 Å². The molecule has 1 N–H and O–H groups in total. The molecule has 4 nitrogen and oxygen atoms in total. The van der Waals surface area contributed by atoms with Gasteiger partial charge >= 0.3 is 0 Å². The number of hydrogen-bond acceptors (Lipinski definition) is 5. The summed E-state index contributed by atoms with van der Waals surface area (Å²) in [5, 5.41) is 5.31. The molecule has 2 heterocycles. The predicted molar refractivity (Wildman–Crippen MR) is 92.4 cm³/mol. The van der Waals surface area contributed by atoms with Gasteiger partial charge in [-0.15, -0.1) is 0 Å². The predicted octanol–water partition coefficient (Wildman–Crippen LogP) is 3.79. The second-order valence-electron chi connectivity index (χ2n) is 4.80. The van der Waals surface area contributed by atoms with Gasteiger partial charge in [0.25, 0.3) is 0 Å². The summed E-state index contributed by atoms with van der Waals surface area (Å²) in [6.07, 6.45) is 2.70. The van der Waals surface area contributed by atoms with E-state index in [0.717, 1.165) is 46.3 Å². The summed E-state index contributed by atoms with van der Waals surface area (Å²) in [6, 6.07) is 14.1. The van der Waals surface area contributed by atoms with Crippen LogP contribution < -0.4 is 5.32 Å². The molecule has 22 heavy (non-hydrogen) atoms. The van der Waals surface area contributed by atoms with E-state index in [-0.39, 0.29) is 0 Å². The first-order valence-corrected chi connectivity index (χ1v) is 8.38. The summed E-state index contributed by atoms with van der Waals surface area (Å²) in [7, 11) is 0. The highest BCUT2D eigenvalue weighted by Gasteiger charge is 2.07. The van der Waals surface area contributed by atoms with Gasteiger partial charge in [0.1, 0.15) is 5.82 Å². The van der Waals surface area contributed by atoms with Gasteiger partial charge in [-0.2, -0.15) is 0 Å². The molecule has 0 spiro atoms. The number of hydrogen-bond donors (Lipinski definition) is 1. The first-order chi connectivity index (χ1) is 10.9. The van der Waals surface area contributed by atoms with Crippen molar-refractivity contribution in [3.05, 3.63) is 54.4 Å². The summed E-state index contributed by atoms with van der Waals surface area (Å²) >= 11 is 1.66. The molecule has 1 aromatic carbocycles. The van der Waals surface area contributed by atoms with Gasteiger partial charge in [0.15, 0.2) is 5.16 Å². The summed E-state index contributed by atoms with van der Waals surface area (Å²) in [6.45, 7) is 2.91. The Morgan fingerprint density at radius 1 is 1.05 bits per heavy atom. The first kappa shape index (κ1) is 14.8. The molecular weight excluding hydrogens is 292 g/mol. The molecule has 0 saturated carbocycles. The van der Waals surface area contributed by atoms with Crippen LogP contribution in [0.3, 0.4) is 0 Å². The van der Waals surface area contributed by atoms with E-state index in [1.165, 1.54) is 0 Å². The smallest absolute Gasteiger partial charge is 0.190 e. The maximum absolute atomic E-state index is 4.64. The van der Waals surface area contributed by atoms with Gasteiger partial charge in [-0.3, -0.25) is 4.98 Å². The Balaban J connectivity index is 1.79. The van der Waals surface area contributed by atoms with Crippen LogP contribution in [0.5, 0.6) is 0 Å². The third kappa shape index (κ3) is 3.54. The molecule has 0 radical (unpaired) electrons. The summed E-state index contributed by atoms with van der Waals surface area (Å²) < 4.78 is 0. The van der Waals surface area contributed by atoms with Gasteiger partial charge in [-0.25, -0.2) is 9.97 Å². The van der Waals surface area contributed by atoms with Crippen LogP contribution in [-0.4, -0.2) is 27.2 Å². The fraction of sp³-hybridized carbons (Fsp3) is 0.235. The first-order valence-electron chi connectivity index (χ1n) is 7.40. The molecule has 0 saturated heterocycles. The number of benzene rings is 1. The van der Waals surface area contributed by atoms with Crippen molar-refractivity contribution < 1.29 is 0 Å². The lowest BCUT2D eigenvalue weighted by Gasteiger charge is -2.10. The highest BCUT2D eigenvalue weighted by molar-refractivity contribution is 7.99. The Morgan fingerprint density at radius 2 is 1.91 bits per heavy atom. The molecular formula is C17H18N4S. The summed E-state index contributed by atoms with van der Waals surface area (Å²) in [5.41, 5.74) is 2.06. The third-order valence-electron chi connectivity index (χ3n) is 3.26. The average Bonchev–Trinajstić information content (AvgIpc) is 2.56. The fourth-order valence-corrected chi connectivity index (χ4v) is 2.82. The molecule has 3 aromatic rings. The molecule has 0 unspecified atom stereocenters. The lowest BCUT2D eigenvalue weighted by Crippen LogP contribution is -2.08. The molecule has 0 atom stereocenters. The molecule has 0 bridgehead atoms. The topological polar surface area (TPSA) is 50.7 Å². The lowest BCUT2D eigenvalue weighted by atomic mass is 10.2. The normalized spacial score (nSPS) is 10.8. The molecule has 0 aliphatic heterocycles. The van der Waals surface area contributed by atoms with Crippen molar-refractivity contribution in [1.29, 1.82) is 0 Å². The number of thioether (sulfide) groups is 1. The van der Waals surface area contributed by atoms with Crippen LogP contribution in [0.25, 0.3) is 10.9 Å². The van der Waals surface area contributed by atoms with Crippen LogP contribution in [-0.2, 0) is 6.42 Å². The standard InChI is InChI=1S/C17H18N4S/c1-2-22-17-20-15-9-4-3-8-14(15)16(21-17)19-12-10-13-7-5-6-11-18-13/h3-9,11H,2,10,12H2,1H3,(H,19,20,21). The van der Waals surface area contributed by atoms with E-state index in [2.05, 4.69) is 33.3 Å². The van der Waals surface area contributed by atoms with Crippen LogP contribution >= 0.6 is 11.8 Å². The molecule has 112 valence electrons. The van der Waals surface area contributed by atoms with Crippen molar-refractivity contribution in [3.63, 3.8) is 0 Å². The molecule has 0 aliphatic rings. The second-order valence-corrected chi connectivity index (χ2v) is 6.03. The number of pyridine rings is 1. The monoisotopic (exact) mass is 310 g/mol. The average molecular weight is 310 g/mol. The SMILES string of the molecule is CCSc1nc(NCCc2ccccn2)c2ccccc2n1. The highest BCUT2D eigenvalue weighted by Crippen LogP contribution is 2.24. The minimum absolute atomic E-state index is 0.800. The zero-order valence-electron chi connectivity index (χ0n) is 12.5. The van der Waals surface area contributed by atoms with Crippen molar-refractivity contribution in [1.82, 2.24) is 15.0 Å². The lowest BCUT2D eigenvalue weighted by molar-refractivity contribution is 0.935. The van der Waals surface area contributed by atoms with E-state index in [1.54, 1.807) is 11.8 Å². The number of nitrogens with one attached hydrogen (secondary N) is 1. The van der Waals surface area contributed by atoms with Gasteiger partial charge in [0, 0.05) is 30.2 Å². The number of para-hydroxylation sites is 1. The molecule has 3 rings (SSSR count). The van der Waals surface area contributed by atoms with Crippen LogP contribution in [0.1, 0.15) is 12.6 Å². The number of aromatic nitrogens is 3. The van der Waals surface area contributed by atoms with E-state index in [9.17, 15) is 0 Å². The number of fused-ring (bicyclic) bond motifs is 1. The Morgan fingerprint density at radius 3 is 2.73 bits per heavy atom. The molecule has 2 aromatic heterocycles. The summed E-state index contributed by atoms with van der Waals surface area (Å²) in [5.74, 6) is 1.86. The third-order valence-corrected chi connectivity index (χ3v) is 3.99. The summed E-state index contributed by atoms with van der Waals surface area (Å²) in [4.78, 5) is 13.6. The highest BCUT2D eigenvalue weighted by atomic mass is 32.2. The zero-order chi connectivity index (χ0) is 15.2. The van der Waals surface area contributed by atoms with E-state index in [0.29, 0.717) is 0 Å². The Labute approximate surface area is 134 Å². The van der Waals surface area contributed by atoms with Crippen molar-refractivity contribution in [3.8, 4) is 0 Å². The second kappa shape index (κ2) is 7.22. The van der Waals surface area contributed by atoms with Gasteiger partial charge in [0.05, 0.1) is 5.52 Å². The molecule has 0 aliphatic carbocycles. The van der Waals surface area contributed by atoms with E-state index < -0.39 is 0 Å². The zero-order valence-corrected chi connectivity index (χ0v) is 13.3. The van der Waals surface area contributed by atoms with Gasteiger partial charge < -0.3 is 5.32 Å². The van der Waals surface area contributed by atoms with E-state index in [4.69, 9.17) is 0 Å². The van der Waals surface area contributed by atoms with Crippen molar-refractivity contribution in [2.45, 2.75) is 18.5 Å². The van der Waals surface area contributed by atoms with Crippen LogP contribution in [0.4, 0.5) is 5.82 Å². The Kier molecular flexibility index (Phi) is 4.85. The fourth-order valence-electron chi connectivity index (χ4n) is 2.24. The molecule has 5 heteroatoms. The molecule has 0 amide bonds. The van der Waals surface area contributed by atoms with E-state index in [1.807, 2.05) is 42.6 Å². The largest absolute Gasteiger partial charge is 0.369 e. The maximum Gasteiger partial charge on any atom is 0.190 e. The van der Waals surface area contributed by atoms with Crippen molar-refractivity contribution in [2.24, 2.45) is 0 Å². The van der Waals surface area contributed by atoms with Crippen LogP contribution in [0, 0.1) is 0 Å². The molecule has 0 fully saturated rings. The van der Waals surface area contributed by atoms with Crippen molar-refractivity contribution in [2.75, 3.05) is 17.6 Å². The Hall–Kier alpha value is -2.14. The quantitative estimate of drug-likeness (QED) is 0.554. The Bertz CT molecular complexity index is 746. The van der Waals surface area contributed by atoms with Gasteiger partial charge in [-0.05, 0) is 30.0 Å². The number of nitrogens with zero attached hydrogens (tertiary/aromatic N) is 3. The number of anilines is 1. The van der Waals surface area contributed by atoms with E-state index >= 15 is 0 Å². The number of rotatable bonds is 6. The van der Waals surface area contributed by atoms with Gasteiger partial charge in [-0.1, -0.05) is 36.9 Å².